The number of hydrogen-bond donors (Lipinski definition) is 0. The van der Waals surface area contributed by atoms with E-state index in [1.165, 1.54) is 118 Å². The van der Waals surface area contributed by atoms with Gasteiger partial charge in [0.2, 0.25) is 0 Å². The number of hydrogen-bond acceptors (Lipinski definition) is 0. The number of fused-ring (bicyclic) bond motifs is 7. The fraction of sp³-hybridized carbons (Fsp3) is 0.0588. The highest BCUT2D eigenvalue weighted by molar-refractivity contribution is 6.25. The van der Waals surface area contributed by atoms with Gasteiger partial charge in [0.15, 0.2) is 0 Å². The van der Waals surface area contributed by atoms with Crippen molar-refractivity contribution in [1.82, 2.24) is 0 Å². The van der Waals surface area contributed by atoms with Crippen LogP contribution >= 0.6 is 0 Å². The Morgan fingerprint density at radius 3 is 1.08 bits per heavy atom. The van der Waals surface area contributed by atoms with Gasteiger partial charge in [0.25, 0.3) is 0 Å². The molecule has 9 aromatic carbocycles. The Bertz CT molecular complexity index is 2730. The minimum absolute atomic E-state index is 1.21. The molecule has 0 amide bonds. The minimum Gasteiger partial charge on any atom is -0.0616 e. The van der Waals surface area contributed by atoms with E-state index < -0.39 is 0 Å². The monoisotopic (exact) mass is 648 g/mol. The Hall–Kier alpha value is -6.24. The smallest absolute Gasteiger partial charge is 0.00928 e. The Morgan fingerprint density at radius 2 is 0.569 bits per heavy atom. The average Bonchev–Trinajstić information content (AvgIpc) is 3.69. The molecule has 0 aromatic heterocycles. The van der Waals surface area contributed by atoms with Gasteiger partial charge >= 0.3 is 0 Å². The second kappa shape index (κ2) is 12.3. The Labute approximate surface area is 299 Å². The highest BCUT2D eigenvalue weighted by atomic mass is 14.2. The zero-order valence-corrected chi connectivity index (χ0v) is 28.4. The lowest BCUT2D eigenvalue weighted by Gasteiger charge is -2.13. The van der Waals surface area contributed by atoms with E-state index in [9.17, 15) is 0 Å². The maximum Gasteiger partial charge on any atom is -0.00928 e. The third kappa shape index (κ3) is 5.32. The molecule has 51 heavy (non-hydrogen) atoms. The third-order valence-electron chi connectivity index (χ3n) is 11.0. The molecule has 0 aliphatic heterocycles. The van der Waals surface area contributed by atoms with Crippen LogP contribution in [-0.2, 0) is 12.8 Å². The van der Waals surface area contributed by atoms with Crippen LogP contribution in [0.1, 0.15) is 17.5 Å². The molecule has 1 aliphatic rings. The molecule has 10 rings (SSSR count). The first-order valence-corrected chi connectivity index (χ1v) is 18.1. The molecule has 0 radical (unpaired) electrons. The summed E-state index contributed by atoms with van der Waals surface area (Å²) in [6.45, 7) is 0. The van der Waals surface area contributed by atoms with E-state index in [0.717, 1.165) is 0 Å². The molecule has 9 aromatic rings. The summed E-state index contributed by atoms with van der Waals surface area (Å²) in [5.74, 6) is 0. The van der Waals surface area contributed by atoms with Crippen LogP contribution in [-0.4, -0.2) is 0 Å². The second-order valence-electron chi connectivity index (χ2n) is 14.0. The quantitative estimate of drug-likeness (QED) is 0.163. The van der Waals surface area contributed by atoms with E-state index >= 15 is 0 Å². The predicted molar refractivity (Wildman–Crippen MR) is 218 cm³/mol. The summed E-state index contributed by atoms with van der Waals surface area (Å²) in [6, 6.07) is 67.5. The highest BCUT2D eigenvalue weighted by Crippen LogP contribution is 2.38. The van der Waals surface area contributed by atoms with Crippen LogP contribution in [0, 0.1) is 0 Å². The summed E-state index contributed by atoms with van der Waals surface area (Å²) in [6.07, 6.45) is 3.71. The van der Waals surface area contributed by atoms with E-state index in [1.807, 2.05) is 0 Å². The van der Waals surface area contributed by atoms with Crippen molar-refractivity contribution in [2.45, 2.75) is 19.3 Å². The molecule has 0 unspecified atom stereocenters. The average molecular weight is 649 g/mol. The van der Waals surface area contributed by atoms with E-state index in [-0.39, 0.29) is 0 Å². The molecule has 0 saturated carbocycles. The maximum absolute atomic E-state index is 2.39. The lowest BCUT2D eigenvalue weighted by molar-refractivity contribution is 0.912. The van der Waals surface area contributed by atoms with Crippen molar-refractivity contribution in [3.8, 4) is 55.6 Å². The molecule has 240 valence electrons. The SMILES string of the molecule is c1cc(-c2ccc(-c3ccc4c(c3)CCC4)cc2)cc(-c2cccc(-c3cccc(-c4ccc5c6ccccc6c6ccccc6c5c4)c3)c2)c1. The van der Waals surface area contributed by atoms with E-state index in [0.29, 0.717) is 0 Å². The molecule has 0 atom stereocenters. The van der Waals surface area contributed by atoms with Crippen LogP contribution in [0.3, 0.4) is 0 Å². The van der Waals surface area contributed by atoms with Crippen molar-refractivity contribution in [3.05, 3.63) is 193 Å². The maximum atomic E-state index is 2.39. The van der Waals surface area contributed by atoms with Gasteiger partial charge in [0.05, 0.1) is 0 Å². The van der Waals surface area contributed by atoms with Crippen molar-refractivity contribution in [3.63, 3.8) is 0 Å². The van der Waals surface area contributed by atoms with Gasteiger partial charge in [-0.2, -0.15) is 0 Å². The van der Waals surface area contributed by atoms with Crippen LogP contribution in [0.4, 0.5) is 0 Å². The lowest BCUT2D eigenvalue weighted by atomic mass is 9.91. The van der Waals surface area contributed by atoms with Crippen molar-refractivity contribution < 1.29 is 0 Å². The Kier molecular flexibility index (Phi) is 7.13. The topological polar surface area (TPSA) is 0 Å². The largest absolute Gasteiger partial charge is 0.0616 e. The van der Waals surface area contributed by atoms with Crippen molar-refractivity contribution >= 4 is 32.3 Å². The van der Waals surface area contributed by atoms with E-state index in [1.54, 1.807) is 0 Å². The van der Waals surface area contributed by atoms with Crippen LogP contribution in [0.25, 0.3) is 88.0 Å². The zero-order valence-electron chi connectivity index (χ0n) is 28.4. The zero-order chi connectivity index (χ0) is 33.7. The highest BCUT2D eigenvalue weighted by Gasteiger charge is 2.13. The summed E-state index contributed by atoms with van der Waals surface area (Å²) >= 11 is 0. The molecular formula is C51H36. The van der Waals surface area contributed by atoms with Crippen LogP contribution in [0.15, 0.2) is 182 Å². The molecule has 0 fully saturated rings. The van der Waals surface area contributed by atoms with Gasteiger partial charge in [-0.25, -0.2) is 0 Å². The van der Waals surface area contributed by atoms with Gasteiger partial charge in [-0.05, 0) is 143 Å². The number of benzene rings is 9. The summed E-state index contributed by atoms with van der Waals surface area (Å²) in [5.41, 5.74) is 15.5. The minimum atomic E-state index is 1.21. The lowest BCUT2D eigenvalue weighted by Crippen LogP contribution is -1.87. The molecule has 0 saturated heterocycles. The first-order valence-electron chi connectivity index (χ1n) is 18.1. The summed E-state index contributed by atoms with van der Waals surface area (Å²) in [5, 5.41) is 7.82. The van der Waals surface area contributed by atoms with Gasteiger partial charge in [-0.3, -0.25) is 0 Å². The van der Waals surface area contributed by atoms with Crippen LogP contribution in [0.5, 0.6) is 0 Å². The fourth-order valence-electron chi connectivity index (χ4n) is 8.33. The number of aryl methyl sites for hydroxylation is 2. The van der Waals surface area contributed by atoms with E-state index in [4.69, 9.17) is 0 Å². The van der Waals surface area contributed by atoms with Crippen LogP contribution in [0.2, 0.25) is 0 Å². The van der Waals surface area contributed by atoms with E-state index in [2.05, 4.69) is 182 Å². The van der Waals surface area contributed by atoms with Gasteiger partial charge < -0.3 is 0 Å². The molecule has 0 N–H and O–H groups in total. The van der Waals surface area contributed by atoms with Gasteiger partial charge in [-0.1, -0.05) is 158 Å². The first kappa shape index (κ1) is 29.7. The Balaban J connectivity index is 0.964. The normalized spacial score (nSPS) is 12.5. The van der Waals surface area contributed by atoms with Crippen molar-refractivity contribution in [1.29, 1.82) is 0 Å². The molecule has 0 heteroatoms. The van der Waals surface area contributed by atoms with Crippen molar-refractivity contribution in [2.24, 2.45) is 0 Å². The predicted octanol–water partition coefficient (Wildman–Crippen LogP) is 14.0. The third-order valence-corrected chi connectivity index (χ3v) is 11.0. The second-order valence-corrected chi connectivity index (χ2v) is 14.0. The molecule has 0 spiro atoms. The molecule has 0 heterocycles. The summed E-state index contributed by atoms with van der Waals surface area (Å²) in [7, 11) is 0. The van der Waals surface area contributed by atoms with Gasteiger partial charge in [-0.15, -0.1) is 0 Å². The molecular weight excluding hydrogens is 613 g/mol. The summed E-state index contributed by atoms with van der Waals surface area (Å²) < 4.78 is 0. The van der Waals surface area contributed by atoms with Crippen LogP contribution < -0.4 is 0 Å². The van der Waals surface area contributed by atoms with Crippen molar-refractivity contribution in [2.75, 3.05) is 0 Å². The van der Waals surface area contributed by atoms with Gasteiger partial charge in [0.1, 0.15) is 0 Å². The summed E-state index contributed by atoms with van der Waals surface area (Å²) in [4.78, 5) is 0. The Morgan fingerprint density at radius 1 is 0.216 bits per heavy atom. The first-order chi connectivity index (χ1) is 25.2. The molecule has 1 aliphatic carbocycles. The molecule has 0 bridgehead atoms. The standard InChI is InChI=1S/C51H36/c1-2-19-48-46(17-1)47-18-3-4-20-49(47)51-33-45(27-28-50(48)51)43-16-8-15-42(32-43)41-14-7-13-40(31-41)39-12-6-11-38(29-39)35-21-23-36(24-22-35)44-26-25-34-9-5-10-37(34)30-44/h1-4,6-8,11-33H,5,9-10H2. The molecule has 0 nitrogen and oxygen atoms in total. The number of rotatable bonds is 5. The van der Waals surface area contributed by atoms with Gasteiger partial charge in [0, 0.05) is 0 Å². The fourth-order valence-corrected chi connectivity index (χ4v) is 8.33.